The molecule has 1 aliphatic rings. The van der Waals surface area contributed by atoms with Crippen LogP contribution in [0.15, 0.2) is 0 Å². The molecule has 1 heterocycles. The second-order valence-electron chi connectivity index (χ2n) is 5.52. The molecular weight excluding hydrogens is 248 g/mol. The molecule has 0 aliphatic carbocycles. The van der Waals surface area contributed by atoms with Crippen LogP contribution in [0.5, 0.6) is 0 Å². The normalized spacial score (nSPS) is 28.5. The Balaban J connectivity index is 2.18. The molecule has 1 fully saturated rings. The van der Waals surface area contributed by atoms with Gasteiger partial charge in [-0.25, -0.2) is 0 Å². The summed E-state index contributed by atoms with van der Waals surface area (Å²) < 4.78 is 6.12. The van der Waals surface area contributed by atoms with Crippen LogP contribution in [0.25, 0.3) is 0 Å². The summed E-state index contributed by atoms with van der Waals surface area (Å²) in [5.74, 6) is 0. The SMILES string of the molecule is CCCCCC[C@H]1C[C@@H](Cl)C[C@@H](CCCCO)O1. The van der Waals surface area contributed by atoms with Gasteiger partial charge in [-0.05, 0) is 38.5 Å². The molecule has 0 saturated carbocycles. The Morgan fingerprint density at radius 3 is 2.17 bits per heavy atom. The van der Waals surface area contributed by atoms with Crippen LogP contribution < -0.4 is 0 Å². The van der Waals surface area contributed by atoms with Crippen molar-refractivity contribution in [2.75, 3.05) is 6.61 Å². The van der Waals surface area contributed by atoms with Gasteiger partial charge in [-0.2, -0.15) is 0 Å². The summed E-state index contributed by atoms with van der Waals surface area (Å²) in [6, 6.07) is 0. The smallest absolute Gasteiger partial charge is 0.0593 e. The van der Waals surface area contributed by atoms with Gasteiger partial charge in [-0.15, -0.1) is 11.6 Å². The summed E-state index contributed by atoms with van der Waals surface area (Å²) in [5, 5.41) is 9.09. The van der Waals surface area contributed by atoms with E-state index in [1.54, 1.807) is 0 Å². The van der Waals surface area contributed by atoms with Gasteiger partial charge in [0.1, 0.15) is 0 Å². The van der Waals surface area contributed by atoms with Crippen LogP contribution in [0.3, 0.4) is 0 Å². The summed E-state index contributed by atoms with van der Waals surface area (Å²) in [5.41, 5.74) is 0. The highest BCUT2D eigenvalue weighted by atomic mass is 35.5. The fraction of sp³-hybridized carbons (Fsp3) is 1.00. The van der Waals surface area contributed by atoms with E-state index in [9.17, 15) is 0 Å². The van der Waals surface area contributed by atoms with E-state index < -0.39 is 0 Å². The van der Waals surface area contributed by atoms with E-state index in [4.69, 9.17) is 21.4 Å². The average Bonchev–Trinajstić information content (AvgIpc) is 2.34. The Morgan fingerprint density at radius 2 is 1.61 bits per heavy atom. The van der Waals surface area contributed by atoms with Gasteiger partial charge in [-0.3, -0.25) is 0 Å². The van der Waals surface area contributed by atoms with Gasteiger partial charge >= 0.3 is 0 Å². The van der Waals surface area contributed by atoms with Gasteiger partial charge in [0.25, 0.3) is 0 Å². The van der Waals surface area contributed by atoms with Crippen LogP contribution in [0.2, 0.25) is 0 Å². The monoisotopic (exact) mass is 276 g/mol. The molecule has 18 heavy (non-hydrogen) atoms. The summed E-state index contributed by atoms with van der Waals surface area (Å²) >= 11 is 6.33. The van der Waals surface area contributed by atoms with Crippen LogP contribution in [-0.2, 0) is 4.74 Å². The minimum Gasteiger partial charge on any atom is -0.396 e. The number of alkyl halides is 1. The predicted octanol–water partition coefficient (Wildman–Crippen LogP) is 4.27. The molecule has 1 rings (SSSR count). The van der Waals surface area contributed by atoms with Crippen LogP contribution in [0, 0.1) is 0 Å². The maximum absolute atomic E-state index is 8.80. The topological polar surface area (TPSA) is 29.5 Å². The van der Waals surface area contributed by atoms with E-state index in [1.165, 1.54) is 32.1 Å². The first-order chi connectivity index (χ1) is 8.76. The third-order valence-corrected chi connectivity index (χ3v) is 4.09. The molecule has 0 spiro atoms. The van der Waals surface area contributed by atoms with Gasteiger partial charge in [0.15, 0.2) is 0 Å². The van der Waals surface area contributed by atoms with E-state index in [1.807, 2.05) is 0 Å². The molecule has 3 atom stereocenters. The van der Waals surface area contributed by atoms with Crippen LogP contribution in [0.1, 0.15) is 71.1 Å². The fourth-order valence-corrected chi connectivity index (χ4v) is 3.10. The van der Waals surface area contributed by atoms with E-state index in [0.717, 1.165) is 32.1 Å². The highest BCUT2D eigenvalue weighted by Gasteiger charge is 2.27. The van der Waals surface area contributed by atoms with Gasteiger partial charge in [0.05, 0.1) is 12.2 Å². The van der Waals surface area contributed by atoms with Crippen molar-refractivity contribution < 1.29 is 9.84 Å². The Morgan fingerprint density at radius 1 is 1.00 bits per heavy atom. The highest BCUT2D eigenvalue weighted by molar-refractivity contribution is 6.20. The maximum Gasteiger partial charge on any atom is 0.0593 e. The molecule has 1 aliphatic heterocycles. The maximum atomic E-state index is 8.80. The molecule has 0 aromatic heterocycles. The van der Waals surface area contributed by atoms with Crippen molar-refractivity contribution in [2.24, 2.45) is 0 Å². The zero-order chi connectivity index (χ0) is 13.2. The zero-order valence-corrected chi connectivity index (χ0v) is 12.5. The van der Waals surface area contributed by atoms with Crippen molar-refractivity contribution >= 4 is 11.6 Å². The molecule has 0 unspecified atom stereocenters. The van der Waals surface area contributed by atoms with Crippen molar-refractivity contribution in [3.8, 4) is 0 Å². The minimum absolute atomic E-state index is 0.286. The molecule has 0 amide bonds. The Bertz CT molecular complexity index is 199. The Hall–Kier alpha value is 0.210. The summed E-state index contributed by atoms with van der Waals surface area (Å²) in [4.78, 5) is 0. The Kier molecular flexibility index (Phi) is 9.08. The summed E-state index contributed by atoms with van der Waals surface area (Å²) in [6.07, 6.45) is 12.0. The van der Waals surface area contributed by atoms with Crippen molar-refractivity contribution in [1.82, 2.24) is 0 Å². The number of ether oxygens (including phenoxy) is 1. The summed E-state index contributed by atoms with van der Waals surface area (Å²) in [7, 11) is 0. The third kappa shape index (κ3) is 6.96. The number of halogens is 1. The van der Waals surface area contributed by atoms with E-state index >= 15 is 0 Å². The number of rotatable bonds is 9. The van der Waals surface area contributed by atoms with Crippen molar-refractivity contribution in [3.05, 3.63) is 0 Å². The van der Waals surface area contributed by atoms with Gasteiger partial charge in [-0.1, -0.05) is 32.6 Å². The minimum atomic E-state index is 0.286. The molecule has 1 saturated heterocycles. The molecule has 1 N–H and O–H groups in total. The lowest BCUT2D eigenvalue weighted by Gasteiger charge is -2.33. The lowest BCUT2D eigenvalue weighted by atomic mass is 9.96. The number of aliphatic hydroxyl groups is 1. The van der Waals surface area contributed by atoms with Gasteiger partial charge < -0.3 is 9.84 Å². The fourth-order valence-electron chi connectivity index (χ4n) is 2.70. The molecule has 0 radical (unpaired) electrons. The lowest BCUT2D eigenvalue weighted by molar-refractivity contribution is -0.0564. The van der Waals surface area contributed by atoms with Gasteiger partial charge in [0.2, 0.25) is 0 Å². The highest BCUT2D eigenvalue weighted by Crippen LogP contribution is 2.29. The first kappa shape index (κ1) is 16.3. The van der Waals surface area contributed by atoms with Crippen LogP contribution in [-0.4, -0.2) is 29.3 Å². The van der Waals surface area contributed by atoms with Crippen molar-refractivity contribution in [3.63, 3.8) is 0 Å². The second-order valence-corrected chi connectivity index (χ2v) is 6.13. The molecule has 0 aromatic carbocycles. The zero-order valence-electron chi connectivity index (χ0n) is 11.7. The molecule has 2 nitrogen and oxygen atoms in total. The first-order valence-corrected chi connectivity index (χ1v) is 8.10. The number of hydrogen-bond acceptors (Lipinski definition) is 2. The molecule has 108 valence electrons. The average molecular weight is 277 g/mol. The number of aliphatic hydroxyl groups excluding tert-OH is 1. The predicted molar refractivity (Wildman–Crippen MR) is 77.2 cm³/mol. The van der Waals surface area contributed by atoms with Gasteiger partial charge in [0, 0.05) is 12.0 Å². The molecule has 0 aromatic rings. The first-order valence-electron chi connectivity index (χ1n) is 7.66. The number of unbranched alkanes of at least 4 members (excludes halogenated alkanes) is 4. The molecule has 3 heteroatoms. The van der Waals surface area contributed by atoms with Crippen molar-refractivity contribution in [1.29, 1.82) is 0 Å². The quantitative estimate of drug-likeness (QED) is 0.503. The van der Waals surface area contributed by atoms with E-state index in [2.05, 4.69) is 6.92 Å². The second kappa shape index (κ2) is 10.1. The number of hydrogen-bond donors (Lipinski definition) is 1. The molecular formula is C15H29ClO2. The van der Waals surface area contributed by atoms with E-state index in [-0.39, 0.29) is 12.0 Å². The third-order valence-electron chi connectivity index (χ3n) is 3.74. The van der Waals surface area contributed by atoms with Crippen LogP contribution >= 0.6 is 11.6 Å². The van der Waals surface area contributed by atoms with Crippen molar-refractivity contribution in [2.45, 2.75) is 88.7 Å². The Labute approximate surface area is 117 Å². The summed E-state index contributed by atoms with van der Waals surface area (Å²) in [6.45, 7) is 2.53. The standard InChI is InChI=1S/C15H29ClO2/c1-2-3-4-5-8-14-11-13(16)12-15(18-14)9-6-7-10-17/h13-15,17H,2-12H2,1H3/t13-,14+,15-/m1/s1. The van der Waals surface area contributed by atoms with Crippen LogP contribution in [0.4, 0.5) is 0 Å². The lowest BCUT2D eigenvalue weighted by Crippen LogP contribution is -2.33. The molecule has 0 bridgehead atoms. The largest absolute Gasteiger partial charge is 0.396 e. The van der Waals surface area contributed by atoms with E-state index in [0.29, 0.717) is 12.2 Å².